The Kier molecular flexibility index (Phi) is 4.70. The number of thiophene rings is 1. The topological polar surface area (TPSA) is 76.7 Å². The summed E-state index contributed by atoms with van der Waals surface area (Å²) in [5.74, 6) is 0.460. The zero-order valence-electron chi connectivity index (χ0n) is 14.0. The number of benzene rings is 1. The monoisotopic (exact) mass is 481 g/mol. The van der Waals surface area contributed by atoms with Crippen molar-refractivity contribution in [1.82, 2.24) is 9.66 Å². The lowest BCUT2D eigenvalue weighted by atomic mass is 9.97. The van der Waals surface area contributed by atoms with E-state index >= 15 is 0 Å². The van der Waals surface area contributed by atoms with Gasteiger partial charge < -0.3 is 9.84 Å². The van der Waals surface area contributed by atoms with Crippen molar-refractivity contribution in [2.24, 2.45) is 5.10 Å². The Morgan fingerprint density at radius 2 is 2.19 bits per heavy atom. The minimum atomic E-state index is -0.133. The van der Waals surface area contributed by atoms with E-state index in [2.05, 4.69) is 10.1 Å². The van der Waals surface area contributed by atoms with Gasteiger partial charge in [-0.1, -0.05) is 0 Å². The molecular weight excluding hydrogens is 465 g/mol. The number of aromatic hydroxyl groups is 1. The van der Waals surface area contributed by atoms with Crippen molar-refractivity contribution < 1.29 is 9.84 Å². The summed E-state index contributed by atoms with van der Waals surface area (Å²) in [6.45, 7) is 0. The van der Waals surface area contributed by atoms with Gasteiger partial charge in [-0.05, 0) is 71.5 Å². The Balaban J connectivity index is 1.76. The number of hydrogen-bond acceptors (Lipinski definition) is 6. The van der Waals surface area contributed by atoms with Gasteiger partial charge in [0.15, 0.2) is 11.5 Å². The smallest absolute Gasteiger partial charge is 0.282 e. The van der Waals surface area contributed by atoms with Gasteiger partial charge in [-0.25, -0.2) is 4.98 Å². The molecule has 1 aromatic carbocycles. The molecule has 4 rings (SSSR count). The molecule has 0 atom stereocenters. The predicted octanol–water partition coefficient (Wildman–Crippen LogP) is 3.54. The van der Waals surface area contributed by atoms with E-state index in [0.29, 0.717) is 14.7 Å². The highest BCUT2D eigenvalue weighted by atomic mass is 127. The van der Waals surface area contributed by atoms with Gasteiger partial charge in [-0.3, -0.25) is 4.79 Å². The number of halogens is 1. The van der Waals surface area contributed by atoms with Gasteiger partial charge in [-0.2, -0.15) is 9.78 Å². The number of aromatic nitrogens is 2. The molecule has 6 nitrogen and oxygen atoms in total. The lowest BCUT2D eigenvalue weighted by Crippen LogP contribution is -2.18. The van der Waals surface area contributed by atoms with E-state index in [1.165, 1.54) is 29.4 Å². The first kappa shape index (κ1) is 17.5. The van der Waals surface area contributed by atoms with Crippen LogP contribution in [0.3, 0.4) is 0 Å². The van der Waals surface area contributed by atoms with Crippen LogP contribution in [-0.2, 0) is 12.8 Å². The lowest BCUT2D eigenvalue weighted by Gasteiger charge is -2.09. The minimum absolute atomic E-state index is 0.0930. The Morgan fingerprint density at radius 3 is 3.00 bits per heavy atom. The van der Waals surface area contributed by atoms with Crippen molar-refractivity contribution in [3.05, 3.63) is 48.4 Å². The average Bonchev–Trinajstić information content (AvgIpc) is 3.03. The summed E-state index contributed by atoms with van der Waals surface area (Å²) in [5.41, 5.74) is 1.74. The SMILES string of the molecule is COc1cc(/C=N\n2cnc3sc4c(c3c2=O)CCCC4)cc(I)c1O. The van der Waals surface area contributed by atoms with Gasteiger partial charge in [0.1, 0.15) is 11.2 Å². The van der Waals surface area contributed by atoms with Crippen LogP contribution in [-0.4, -0.2) is 28.1 Å². The quantitative estimate of drug-likeness (QED) is 0.459. The molecule has 2 heterocycles. The molecule has 0 spiro atoms. The molecule has 1 aliphatic rings. The van der Waals surface area contributed by atoms with E-state index in [4.69, 9.17) is 4.74 Å². The maximum Gasteiger partial charge on any atom is 0.282 e. The molecule has 8 heteroatoms. The normalized spacial score (nSPS) is 14.1. The van der Waals surface area contributed by atoms with Gasteiger partial charge in [0.05, 0.1) is 22.3 Å². The van der Waals surface area contributed by atoms with Gasteiger partial charge in [0.25, 0.3) is 5.56 Å². The number of nitrogens with zero attached hydrogens (tertiary/aromatic N) is 3. The average molecular weight is 481 g/mol. The van der Waals surface area contributed by atoms with Crippen LogP contribution in [0.5, 0.6) is 11.5 Å². The molecule has 0 fully saturated rings. The summed E-state index contributed by atoms with van der Waals surface area (Å²) >= 11 is 3.65. The second-order valence-corrected chi connectivity index (χ2v) is 8.33. The van der Waals surface area contributed by atoms with E-state index in [1.54, 1.807) is 29.7 Å². The third-order valence-corrected chi connectivity index (χ3v) is 6.48. The van der Waals surface area contributed by atoms with E-state index < -0.39 is 0 Å². The van der Waals surface area contributed by atoms with Crippen molar-refractivity contribution in [1.29, 1.82) is 0 Å². The Morgan fingerprint density at radius 1 is 1.38 bits per heavy atom. The zero-order valence-corrected chi connectivity index (χ0v) is 17.0. The van der Waals surface area contributed by atoms with E-state index in [9.17, 15) is 9.90 Å². The molecule has 0 saturated heterocycles. The number of rotatable bonds is 3. The fourth-order valence-electron chi connectivity index (χ4n) is 3.17. The summed E-state index contributed by atoms with van der Waals surface area (Å²) < 4.78 is 7.08. The summed E-state index contributed by atoms with van der Waals surface area (Å²) in [7, 11) is 1.49. The first-order valence-electron chi connectivity index (χ1n) is 8.21. The van der Waals surface area contributed by atoms with Gasteiger partial charge >= 0.3 is 0 Å². The van der Waals surface area contributed by atoms with Gasteiger partial charge in [-0.15, -0.1) is 11.3 Å². The molecule has 0 bridgehead atoms. The molecule has 1 N–H and O–H groups in total. The minimum Gasteiger partial charge on any atom is -0.504 e. The largest absolute Gasteiger partial charge is 0.504 e. The lowest BCUT2D eigenvalue weighted by molar-refractivity contribution is 0.371. The van der Waals surface area contributed by atoms with Crippen molar-refractivity contribution in [2.45, 2.75) is 25.7 Å². The van der Waals surface area contributed by atoms with Crippen LogP contribution in [0, 0.1) is 3.57 Å². The molecule has 3 aromatic rings. The highest BCUT2D eigenvalue weighted by Crippen LogP contribution is 2.33. The molecule has 0 saturated carbocycles. The number of phenols is 1. The van der Waals surface area contributed by atoms with Crippen LogP contribution in [0.25, 0.3) is 10.2 Å². The molecule has 2 aromatic heterocycles. The van der Waals surface area contributed by atoms with Crippen molar-refractivity contribution in [3.8, 4) is 11.5 Å². The Hall–Kier alpha value is -1.94. The van der Waals surface area contributed by atoms with E-state index in [0.717, 1.165) is 35.2 Å². The van der Waals surface area contributed by atoms with Crippen molar-refractivity contribution >= 4 is 50.4 Å². The molecular formula is C18H16IN3O3S. The fraction of sp³-hybridized carbons (Fsp3) is 0.278. The highest BCUT2D eigenvalue weighted by molar-refractivity contribution is 14.1. The second kappa shape index (κ2) is 6.99. The number of phenolic OH excluding ortho intramolecular Hbond substituents is 1. The maximum absolute atomic E-state index is 12.9. The van der Waals surface area contributed by atoms with Gasteiger partial charge in [0.2, 0.25) is 0 Å². The number of fused-ring (bicyclic) bond motifs is 3. The second-order valence-electron chi connectivity index (χ2n) is 6.08. The Labute approximate surface area is 167 Å². The number of ether oxygens (including phenoxy) is 1. The number of aryl methyl sites for hydroxylation is 2. The van der Waals surface area contributed by atoms with E-state index in [-0.39, 0.29) is 11.3 Å². The van der Waals surface area contributed by atoms with Crippen LogP contribution in [0.2, 0.25) is 0 Å². The number of methoxy groups -OCH3 is 1. The molecule has 0 aliphatic heterocycles. The summed E-state index contributed by atoms with van der Waals surface area (Å²) in [4.78, 5) is 19.4. The standard InChI is InChI=1S/C18H16IN3O3S/c1-25-13-7-10(6-12(19)16(13)23)8-21-22-9-20-17-15(18(22)24)11-4-2-3-5-14(11)26-17/h6-9,23H,2-5H2,1H3/b21-8-. The molecule has 0 unspecified atom stereocenters. The van der Waals surface area contributed by atoms with Crippen LogP contribution in [0.1, 0.15) is 28.8 Å². The summed E-state index contributed by atoms with van der Waals surface area (Å²) in [6, 6.07) is 3.44. The molecule has 134 valence electrons. The predicted molar refractivity (Wildman–Crippen MR) is 111 cm³/mol. The molecule has 0 amide bonds. The van der Waals surface area contributed by atoms with Crippen LogP contribution >= 0.6 is 33.9 Å². The van der Waals surface area contributed by atoms with Crippen LogP contribution in [0.15, 0.2) is 28.4 Å². The maximum atomic E-state index is 12.9. The molecule has 26 heavy (non-hydrogen) atoms. The third-order valence-electron chi connectivity index (χ3n) is 4.46. The molecule has 0 radical (unpaired) electrons. The van der Waals surface area contributed by atoms with Crippen LogP contribution in [0.4, 0.5) is 0 Å². The van der Waals surface area contributed by atoms with Crippen LogP contribution < -0.4 is 10.3 Å². The molecule has 1 aliphatic carbocycles. The third kappa shape index (κ3) is 3.01. The van der Waals surface area contributed by atoms with E-state index in [1.807, 2.05) is 22.6 Å². The Bertz CT molecular complexity index is 1090. The fourth-order valence-corrected chi connectivity index (χ4v) is 5.02. The zero-order chi connectivity index (χ0) is 18.3. The van der Waals surface area contributed by atoms with Gasteiger partial charge in [0, 0.05) is 4.88 Å². The van der Waals surface area contributed by atoms with Crippen molar-refractivity contribution in [2.75, 3.05) is 7.11 Å². The first-order valence-corrected chi connectivity index (χ1v) is 10.1. The highest BCUT2D eigenvalue weighted by Gasteiger charge is 2.19. The van der Waals surface area contributed by atoms with Crippen molar-refractivity contribution in [3.63, 3.8) is 0 Å². The first-order chi connectivity index (χ1) is 12.6. The summed E-state index contributed by atoms with van der Waals surface area (Å²) in [6.07, 6.45) is 7.29. The number of hydrogen-bond donors (Lipinski definition) is 1. The summed E-state index contributed by atoms with van der Waals surface area (Å²) in [5, 5.41) is 14.9.